The van der Waals surface area contributed by atoms with E-state index in [9.17, 15) is 0 Å². The number of pyridine rings is 1. The quantitative estimate of drug-likeness (QED) is 0.819. The van der Waals surface area contributed by atoms with Crippen LogP contribution in [0.4, 0.5) is 0 Å². The molecule has 1 aromatic carbocycles. The first-order valence-corrected chi connectivity index (χ1v) is 6.12. The van der Waals surface area contributed by atoms with Gasteiger partial charge in [0, 0.05) is 18.1 Å². The second-order valence-electron chi connectivity index (χ2n) is 4.04. The Bertz CT molecular complexity index is 549. The van der Waals surface area contributed by atoms with E-state index in [1.165, 1.54) is 10.9 Å². The molecule has 0 amide bonds. The summed E-state index contributed by atoms with van der Waals surface area (Å²) in [5.41, 5.74) is 1.19. The normalized spacial score (nSPS) is 11.2. The van der Waals surface area contributed by atoms with Crippen LogP contribution in [0.5, 0.6) is 5.88 Å². The fourth-order valence-electron chi connectivity index (χ4n) is 1.89. The minimum atomic E-state index is 0.554. The average Bonchev–Trinajstić information content (AvgIpc) is 2.41. The zero-order chi connectivity index (χ0) is 12.8. The average molecular weight is 242 g/mol. The topological polar surface area (TPSA) is 34.1 Å². The Morgan fingerprint density at radius 2 is 2.06 bits per heavy atom. The molecule has 3 heteroatoms. The molecule has 0 aliphatic rings. The number of hydrogen-bond donors (Lipinski definition) is 1. The number of benzene rings is 1. The van der Waals surface area contributed by atoms with Crippen LogP contribution < -0.4 is 10.1 Å². The summed E-state index contributed by atoms with van der Waals surface area (Å²) in [6, 6.07) is 8.20. The van der Waals surface area contributed by atoms with E-state index in [2.05, 4.69) is 16.4 Å². The van der Waals surface area contributed by atoms with Crippen LogP contribution in [0.1, 0.15) is 12.5 Å². The lowest BCUT2D eigenvalue weighted by Crippen LogP contribution is -2.07. The molecule has 3 nitrogen and oxygen atoms in total. The maximum Gasteiger partial charge on any atom is 0.221 e. The van der Waals surface area contributed by atoms with Crippen molar-refractivity contribution in [2.24, 2.45) is 0 Å². The smallest absolute Gasteiger partial charge is 0.221 e. The monoisotopic (exact) mass is 242 g/mol. The van der Waals surface area contributed by atoms with E-state index in [0.717, 1.165) is 11.9 Å². The summed E-state index contributed by atoms with van der Waals surface area (Å²) in [4.78, 5) is 4.40. The molecule has 0 atom stereocenters. The minimum Gasteiger partial charge on any atom is -0.473 e. The van der Waals surface area contributed by atoms with Crippen molar-refractivity contribution in [2.75, 3.05) is 13.7 Å². The van der Waals surface area contributed by atoms with Gasteiger partial charge >= 0.3 is 0 Å². The van der Waals surface area contributed by atoms with Gasteiger partial charge in [0.2, 0.25) is 5.88 Å². The van der Waals surface area contributed by atoms with Gasteiger partial charge in [0.25, 0.3) is 0 Å². The molecular weight excluding hydrogens is 224 g/mol. The SMILES string of the molecule is C/C=C/COc1ncc(CNC)c2ccccc12. The van der Waals surface area contributed by atoms with Gasteiger partial charge < -0.3 is 10.1 Å². The largest absolute Gasteiger partial charge is 0.473 e. The maximum atomic E-state index is 5.67. The molecule has 0 aliphatic carbocycles. The van der Waals surface area contributed by atoms with Gasteiger partial charge in [-0.25, -0.2) is 4.98 Å². The van der Waals surface area contributed by atoms with Crippen LogP contribution in [0.15, 0.2) is 42.6 Å². The predicted molar refractivity (Wildman–Crippen MR) is 74.8 cm³/mol. The lowest BCUT2D eigenvalue weighted by atomic mass is 10.1. The third kappa shape index (κ3) is 2.68. The molecule has 18 heavy (non-hydrogen) atoms. The van der Waals surface area contributed by atoms with E-state index in [1.807, 2.05) is 50.5 Å². The molecule has 2 aromatic rings. The van der Waals surface area contributed by atoms with Crippen LogP contribution in [0.3, 0.4) is 0 Å². The van der Waals surface area contributed by atoms with Crippen LogP contribution >= 0.6 is 0 Å². The molecule has 1 aromatic heterocycles. The molecule has 0 saturated carbocycles. The summed E-state index contributed by atoms with van der Waals surface area (Å²) in [5, 5.41) is 5.41. The third-order valence-corrected chi connectivity index (χ3v) is 2.76. The molecule has 94 valence electrons. The summed E-state index contributed by atoms with van der Waals surface area (Å²) in [7, 11) is 1.94. The third-order valence-electron chi connectivity index (χ3n) is 2.76. The van der Waals surface area contributed by atoms with Crippen molar-refractivity contribution in [2.45, 2.75) is 13.5 Å². The van der Waals surface area contributed by atoms with Crippen LogP contribution in [0.25, 0.3) is 10.8 Å². The van der Waals surface area contributed by atoms with Crippen molar-refractivity contribution in [3.63, 3.8) is 0 Å². The zero-order valence-corrected chi connectivity index (χ0v) is 10.8. The van der Waals surface area contributed by atoms with E-state index in [4.69, 9.17) is 4.74 Å². The number of nitrogens with zero attached hydrogens (tertiary/aromatic N) is 1. The maximum absolute atomic E-state index is 5.67. The Hall–Kier alpha value is -1.87. The Morgan fingerprint density at radius 3 is 2.78 bits per heavy atom. The van der Waals surface area contributed by atoms with Gasteiger partial charge in [-0.3, -0.25) is 0 Å². The number of aromatic nitrogens is 1. The Balaban J connectivity index is 2.40. The summed E-state index contributed by atoms with van der Waals surface area (Å²) in [6.45, 7) is 3.34. The number of fused-ring (bicyclic) bond motifs is 1. The van der Waals surface area contributed by atoms with E-state index in [1.54, 1.807) is 0 Å². The molecule has 1 N–H and O–H groups in total. The van der Waals surface area contributed by atoms with Gasteiger partial charge in [0.15, 0.2) is 0 Å². The Morgan fingerprint density at radius 1 is 1.28 bits per heavy atom. The van der Waals surface area contributed by atoms with Gasteiger partial charge in [-0.1, -0.05) is 30.4 Å². The van der Waals surface area contributed by atoms with Crippen molar-refractivity contribution >= 4 is 10.8 Å². The summed E-state index contributed by atoms with van der Waals surface area (Å²) >= 11 is 0. The van der Waals surface area contributed by atoms with Crippen molar-refractivity contribution in [3.8, 4) is 5.88 Å². The van der Waals surface area contributed by atoms with Crippen LogP contribution in [-0.4, -0.2) is 18.6 Å². The molecule has 2 rings (SSSR count). The highest BCUT2D eigenvalue weighted by Gasteiger charge is 2.06. The standard InChI is InChI=1S/C15H18N2O/c1-3-4-9-18-15-14-8-6-5-7-13(14)12(10-16-2)11-17-15/h3-8,11,16H,9-10H2,1-2H3/b4-3+. The molecule has 0 spiro atoms. The van der Waals surface area contributed by atoms with Crippen molar-refractivity contribution in [3.05, 3.63) is 48.2 Å². The number of allylic oxidation sites excluding steroid dienone is 1. The fourth-order valence-corrected chi connectivity index (χ4v) is 1.89. The van der Waals surface area contributed by atoms with Gasteiger partial charge in [-0.15, -0.1) is 0 Å². The number of ether oxygens (including phenoxy) is 1. The molecule has 0 aliphatic heterocycles. The molecule has 0 unspecified atom stereocenters. The number of rotatable bonds is 5. The highest BCUT2D eigenvalue weighted by Crippen LogP contribution is 2.25. The van der Waals surface area contributed by atoms with E-state index >= 15 is 0 Å². The minimum absolute atomic E-state index is 0.554. The van der Waals surface area contributed by atoms with Crippen LogP contribution in [0, 0.1) is 0 Å². The molecule has 0 radical (unpaired) electrons. The fraction of sp³-hybridized carbons (Fsp3) is 0.267. The molecule has 1 heterocycles. The van der Waals surface area contributed by atoms with E-state index in [0.29, 0.717) is 12.5 Å². The summed E-state index contributed by atoms with van der Waals surface area (Å²) in [5.74, 6) is 0.698. The summed E-state index contributed by atoms with van der Waals surface area (Å²) in [6.07, 6.45) is 5.82. The molecule has 0 bridgehead atoms. The van der Waals surface area contributed by atoms with Crippen LogP contribution in [-0.2, 0) is 6.54 Å². The van der Waals surface area contributed by atoms with Crippen molar-refractivity contribution in [1.29, 1.82) is 0 Å². The van der Waals surface area contributed by atoms with E-state index in [-0.39, 0.29) is 0 Å². The second-order valence-corrected chi connectivity index (χ2v) is 4.04. The Labute approximate surface area is 107 Å². The first-order valence-electron chi connectivity index (χ1n) is 6.12. The van der Waals surface area contributed by atoms with Crippen LogP contribution in [0.2, 0.25) is 0 Å². The molecule has 0 saturated heterocycles. The second kappa shape index (κ2) is 6.17. The molecular formula is C15H18N2O. The highest BCUT2D eigenvalue weighted by atomic mass is 16.5. The predicted octanol–water partition coefficient (Wildman–Crippen LogP) is 2.91. The van der Waals surface area contributed by atoms with Gasteiger partial charge in [-0.2, -0.15) is 0 Å². The zero-order valence-electron chi connectivity index (χ0n) is 10.8. The van der Waals surface area contributed by atoms with Crippen molar-refractivity contribution in [1.82, 2.24) is 10.3 Å². The number of hydrogen-bond acceptors (Lipinski definition) is 3. The molecule has 0 fully saturated rings. The lowest BCUT2D eigenvalue weighted by Gasteiger charge is -2.10. The van der Waals surface area contributed by atoms with Crippen molar-refractivity contribution < 1.29 is 4.74 Å². The van der Waals surface area contributed by atoms with Gasteiger partial charge in [0.05, 0.1) is 0 Å². The first kappa shape index (κ1) is 12.6. The summed E-state index contributed by atoms with van der Waals surface area (Å²) < 4.78 is 5.67. The highest BCUT2D eigenvalue weighted by molar-refractivity contribution is 5.89. The number of nitrogens with one attached hydrogen (secondary N) is 1. The lowest BCUT2D eigenvalue weighted by molar-refractivity contribution is 0.353. The van der Waals surface area contributed by atoms with Gasteiger partial charge in [0.1, 0.15) is 6.61 Å². The van der Waals surface area contributed by atoms with E-state index < -0.39 is 0 Å². The first-order chi connectivity index (χ1) is 8.86. The Kier molecular flexibility index (Phi) is 4.31. The van der Waals surface area contributed by atoms with Gasteiger partial charge in [-0.05, 0) is 31.0 Å².